The van der Waals surface area contributed by atoms with E-state index in [0.29, 0.717) is 5.57 Å². The zero-order chi connectivity index (χ0) is 25.8. The Morgan fingerprint density at radius 1 is 1.17 bits per heavy atom. The van der Waals surface area contributed by atoms with E-state index < -0.39 is 26.5 Å². The molecule has 1 fully saturated rings. The summed E-state index contributed by atoms with van der Waals surface area (Å²) in [6, 6.07) is 16.2. The molecule has 2 atom stereocenters. The van der Waals surface area contributed by atoms with Crippen molar-refractivity contribution in [1.82, 2.24) is 4.98 Å². The van der Waals surface area contributed by atoms with Crippen molar-refractivity contribution in [1.29, 1.82) is 0 Å². The number of carboxylic acids is 1. The summed E-state index contributed by atoms with van der Waals surface area (Å²) in [4.78, 5) is 15.8. The van der Waals surface area contributed by atoms with Crippen molar-refractivity contribution in [3.63, 3.8) is 0 Å². The molecule has 1 aliphatic rings. The largest absolute Gasteiger partial charge is 0.481 e. The summed E-state index contributed by atoms with van der Waals surface area (Å²) >= 11 is 0. The van der Waals surface area contributed by atoms with Gasteiger partial charge in [0.1, 0.15) is 5.82 Å². The maximum atomic E-state index is 13.8. The summed E-state index contributed by atoms with van der Waals surface area (Å²) in [5, 5.41) is 18.6. The van der Waals surface area contributed by atoms with Gasteiger partial charge in [0.05, 0.1) is 30.5 Å². The minimum Gasteiger partial charge on any atom is -0.481 e. The highest BCUT2D eigenvalue weighted by Gasteiger charge is 2.32. The Balaban J connectivity index is 1.74. The number of carboxylic acid groups (broad SMARTS) is 1. The molecule has 0 saturated heterocycles. The third-order valence-corrected chi connectivity index (χ3v) is 7.46. The highest BCUT2D eigenvalue weighted by molar-refractivity contribution is 7.39. The highest BCUT2D eigenvalue weighted by Crippen LogP contribution is 2.47. The van der Waals surface area contributed by atoms with E-state index in [4.69, 9.17) is 14.6 Å². The van der Waals surface area contributed by atoms with Gasteiger partial charge in [-0.15, -0.1) is 0 Å². The Kier molecular flexibility index (Phi) is 8.14. The zero-order valence-corrected chi connectivity index (χ0v) is 21.0. The van der Waals surface area contributed by atoms with Crippen molar-refractivity contribution in [2.24, 2.45) is 0 Å². The molecule has 0 radical (unpaired) electrons. The minimum atomic E-state index is -2.69. The van der Waals surface area contributed by atoms with Gasteiger partial charge in [-0.25, -0.2) is 4.39 Å². The summed E-state index contributed by atoms with van der Waals surface area (Å²) in [6.45, 7) is 6.15. The van der Waals surface area contributed by atoms with Crippen LogP contribution in [0.4, 0.5) is 4.39 Å². The molecule has 8 heteroatoms. The number of nitrogens with zero attached hydrogens (tertiary/aromatic N) is 1. The van der Waals surface area contributed by atoms with Crippen molar-refractivity contribution in [2.75, 3.05) is 12.8 Å². The van der Waals surface area contributed by atoms with Crippen LogP contribution >= 0.6 is 8.03 Å². The van der Waals surface area contributed by atoms with Gasteiger partial charge in [0.15, 0.2) is 8.03 Å². The minimum absolute atomic E-state index is 0.0582. The van der Waals surface area contributed by atoms with E-state index >= 15 is 0 Å². The summed E-state index contributed by atoms with van der Waals surface area (Å²) in [6.07, 6.45) is 0.00606. The molecule has 36 heavy (non-hydrogen) atoms. The van der Waals surface area contributed by atoms with E-state index in [1.807, 2.05) is 37.3 Å². The van der Waals surface area contributed by atoms with Gasteiger partial charge in [0, 0.05) is 23.2 Å². The first-order valence-corrected chi connectivity index (χ1v) is 13.4. The fourth-order valence-corrected chi connectivity index (χ4v) is 5.31. The lowest BCUT2D eigenvalue weighted by atomic mass is 9.87. The van der Waals surface area contributed by atoms with Gasteiger partial charge < -0.3 is 14.7 Å². The van der Waals surface area contributed by atoms with Crippen molar-refractivity contribution in [3.8, 4) is 22.4 Å². The van der Waals surface area contributed by atoms with Crippen LogP contribution in [0.2, 0.25) is 0 Å². The Bertz CT molecular complexity index is 1290. The number of rotatable bonds is 11. The van der Waals surface area contributed by atoms with Crippen LogP contribution in [0.1, 0.15) is 42.0 Å². The number of hydrogen-bond donors (Lipinski definition) is 2. The van der Waals surface area contributed by atoms with Crippen LogP contribution in [0.5, 0.6) is 0 Å². The number of hydrogen-bond acceptors (Lipinski definition) is 5. The van der Waals surface area contributed by atoms with Crippen molar-refractivity contribution in [3.05, 3.63) is 83.8 Å². The summed E-state index contributed by atoms with van der Waals surface area (Å²) < 4.78 is 31.7. The molecule has 1 aromatic heterocycles. The van der Waals surface area contributed by atoms with E-state index in [1.165, 1.54) is 12.1 Å². The van der Waals surface area contributed by atoms with Crippen molar-refractivity contribution >= 4 is 19.6 Å². The van der Waals surface area contributed by atoms with Gasteiger partial charge in [-0.2, -0.15) is 0 Å². The van der Waals surface area contributed by atoms with E-state index in [0.717, 1.165) is 52.0 Å². The molecule has 0 bridgehead atoms. The summed E-state index contributed by atoms with van der Waals surface area (Å²) in [5.41, 5.74) is 6.71. The monoisotopic (exact) mass is 509 g/mol. The van der Waals surface area contributed by atoms with E-state index in [2.05, 4.69) is 6.58 Å². The van der Waals surface area contributed by atoms with Gasteiger partial charge in [-0.05, 0) is 54.2 Å². The molecule has 1 heterocycles. The van der Waals surface area contributed by atoms with Gasteiger partial charge in [-0.1, -0.05) is 49.0 Å². The molecule has 0 amide bonds. The molecule has 1 aliphatic carbocycles. The quantitative estimate of drug-likeness (QED) is 0.304. The second-order valence-electron chi connectivity index (χ2n) is 9.09. The second-order valence-corrected chi connectivity index (χ2v) is 10.5. The number of halogens is 1. The standard InChI is InChI=1S/C28H29FNO5P/c1-17(15-35-36(34)16-23(31)14-24(32)33)25-26(19-10-12-22(29)13-11-19)18(2)27(20-6-4-3-5-7-20)30-28(25)21-8-9-21/h3-7,10-13,21,23,31,36H,1,8-9,14-16H2,2H3,(H,32,33). The Labute approximate surface area is 210 Å². The molecule has 2 aromatic carbocycles. The third kappa shape index (κ3) is 6.16. The highest BCUT2D eigenvalue weighted by atomic mass is 31.1. The number of aliphatic hydroxyl groups excluding tert-OH is 1. The topological polar surface area (TPSA) is 96.7 Å². The molecular formula is C28H29FNO5P. The lowest BCUT2D eigenvalue weighted by Crippen LogP contribution is -2.15. The van der Waals surface area contributed by atoms with Crippen LogP contribution in [0.3, 0.4) is 0 Å². The van der Waals surface area contributed by atoms with Crippen LogP contribution in [0, 0.1) is 12.7 Å². The number of benzene rings is 2. The lowest BCUT2D eigenvalue weighted by molar-refractivity contribution is -0.138. The van der Waals surface area contributed by atoms with Gasteiger partial charge in [-0.3, -0.25) is 14.3 Å². The molecular weight excluding hydrogens is 480 g/mol. The fourth-order valence-electron chi connectivity index (χ4n) is 4.32. The maximum Gasteiger partial charge on any atom is 0.305 e. The van der Waals surface area contributed by atoms with Gasteiger partial charge in [0.2, 0.25) is 0 Å². The fraction of sp³-hybridized carbons (Fsp3) is 0.286. The first-order valence-electron chi connectivity index (χ1n) is 11.8. The average molecular weight is 510 g/mol. The number of carbonyl (C=O) groups is 1. The molecule has 1 saturated carbocycles. The summed E-state index contributed by atoms with van der Waals surface area (Å²) in [7, 11) is -2.69. The number of aliphatic hydroxyl groups is 1. The SMILES string of the molecule is C=C(CO[PH](=O)CC(O)CC(=O)O)c1c(C2CC2)nc(-c2ccccc2)c(C)c1-c1ccc(F)cc1. The van der Waals surface area contributed by atoms with Gasteiger partial charge in [0.25, 0.3) is 0 Å². The Hall–Kier alpha value is -3.12. The van der Waals surface area contributed by atoms with Crippen LogP contribution in [0.25, 0.3) is 28.0 Å². The second kappa shape index (κ2) is 11.3. The average Bonchev–Trinajstić information content (AvgIpc) is 3.68. The van der Waals surface area contributed by atoms with Crippen LogP contribution in [0.15, 0.2) is 61.2 Å². The zero-order valence-electron chi connectivity index (χ0n) is 20.0. The predicted octanol–water partition coefficient (Wildman–Crippen LogP) is 6.08. The number of pyridine rings is 1. The summed E-state index contributed by atoms with van der Waals surface area (Å²) in [5.74, 6) is -1.24. The number of aliphatic carboxylic acids is 1. The Morgan fingerprint density at radius 3 is 2.44 bits per heavy atom. The van der Waals surface area contributed by atoms with E-state index in [1.54, 1.807) is 12.1 Å². The normalized spacial score (nSPS) is 14.9. The molecule has 2 unspecified atom stereocenters. The van der Waals surface area contributed by atoms with E-state index in [-0.39, 0.29) is 24.5 Å². The third-order valence-electron chi connectivity index (χ3n) is 6.19. The maximum absolute atomic E-state index is 13.8. The number of aromatic nitrogens is 1. The smallest absolute Gasteiger partial charge is 0.305 e. The lowest BCUT2D eigenvalue weighted by Gasteiger charge is -2.22. The molecule has 0 spiro atoms. The van der Waals surface area contributed by atoms with Crippen molar-refractivity contribution in [2.45, 2.75) is 38.2 Å². The van der Waals surface area contributed by atoms with Crippen LogP contribution in [-0.2, 0) is 13.9 Å². The molecule has 2 N–H and O–H groups in total. The molecule has 188 valence electrons. The van der Waals surface area contributed by atoms with Crippen LogP contribution < -0.4 is 0 Å². The Morgan fingerprint density at radius 2 is 1.83 bits per heavy atom. The first kappa shape index (κ1) is 26.0. The van der Waals surface area contributed by atoms with Crippen molar-refractivity contribution < 1.29 is 28.5 Å². The first-order chi connectivity index (χ1) is 17.2. The molecule has 0 aliphatic heterocycles. The predicted molar refractivity (Wildman–Crippen MR) is 139 cm³/mol. The van der Waals surface area contributed by atoms with Gasteiger partial charge >= 0.3 is 5.97 Å². The van der Waals surface area contributed by atoms with E-state index in [9.17, 15) is 18.9 Å². The molecule has 4 rings (SSSR count). The van der Waals surface area contributed by atoms with Crippen LogP contribution in [-0.4, -0.2) is 40.0 Å². The molecule has 6 nitrogen and oxygen atoms in total. The molecule has 3 aromatic rings.